The Bertz CT molecular complexity index is 2870. The Labute approximate surface area is 392 Å². The Hall–Kier alpha value is -5.49. The number of hydrogen-bond donors (Lipinski definition) is 5. The Morgan fingerprint density at radius 1 is 0.735 bits per heavy atom. The van der Waals surface area contributed by atoms with E-state index in [0.29, 0.717) is 131 Å². The van der Waals surface area contributed by atoms with E-state index in [4.69, 9.17) is 33.5 Å². The smallest absolute Gasteiger partial charge is 0.308 e. The number of phenols is 1. The van der Waals surface area contributed by atoms with Gasteiger partial charge in [-0.2, -0.15) is 0 Å². The molecule has 0 amide bonds. The number of hydrogen-bond acceptors (Lipinski definition) is 16. The van der Waals surface area contributed by atoms with Gasteiger partial charge in [-0.15, -0.1) is 0 Å². The summed E-state index contributed by atoms with van der Waals surface area (Å²) in [5.74, 6) is -2.61. The molecule has 5 N–H and O–H groups in total. The third-order valence-electron chi connectivity index (χ3n) is 14.0. The molecule has 0 aliphatic heterocycles. The first-order chi connectivity index (χ1) is 32.8. The van der Waals surface area contributed by atoms with Crippen molar-refractivity contribution in [3.8, 4) is 11.5 Å². The van der Waals surface area contributed by atoms with Gasteiger partial charge < -0.3 is 54.2 Å². The van der Waals surface area contributed by atoms with E-state index >= 15 is 4.79 Å². The number of carbonyl (C=O) groups is 3. The van der Waals surface area contributed by atoms with Crippen molar-refractivity contribution in [2.75, 3.05) is 59.2 Å². The third-order valence-corrected chi connectivity index (χ3v) is 14.0. The minimum absolute atomic E-state index is 0.00370. The van der Waals surface area contributed by atoms with E-state index in [1.807, 2.05) is 6.08 Å². The number of anilines is 1. The molecule has 0 radical (unpaired) electrons. The van der Waals surface area contributed by atoms with Crippen LogP contribution in [0.5, 0.6) is 11.5 Å². The van der Waals surface area contributed by atoms with Gasteiger partial charge >= 0.3 is 11.9 Å². The second-order valence-corrected chi connectivity index (χ2v) is 18.4. The van der Waals surface area contributed by atoms with Crippen LogP contribution in [0.4, 0.5) is 5.69 Å². The predicted molar refractivity (Wildman–Crippen MR) is 255 cm³/mol. The first kappa shape index (κ1) is 48.9. The number of aromatic hydroxyl groups is 1. The normalized spacial score (nSPS) is 20.2. The summed E-state index contributed by atoms with van der Waals surface area (Å²) in [6.07, 6.45) is 5.35. The molecular formula is C52H61NO15. The number of Topliss-reactive ketones (excluding diaryl/α,β-unsaturated/α-hetero) is 1. The lowest BCUT2D eigenvalue weighted by Gasteiger charge is -2.27. The molecule has 16 heteroatoms. The molecule has 0 saturated heterocycles. The lowest BCUT2D eigenvalue weighted by Crippen LogP contribution is -2.23. The Morgan fingerprint density at radius 3 is 2.03 bits per heavy atom. The summed E-state index contributed by atoms with van der Waals surface area (Å²) in [6, 6.07) is 2.73. The number of esters is 2. The summed E-state index contributed by atoms with van der Waals surface area (Å²) >= 11 is 0. The number of methoxy groups -OCH3 is 2. The van der Waals surface area contributed by atoms with E-state index in [1.54, 1.807) is 20.1 Å². The number of ketones is 1. The van der Waals surface area contributed by atoms with Crippen molar-refractivity contribution in [3.63, 3.8) is 0 Å². The van der Waals surface area contributed by atoms with E-state index in [1.165, 1.54) is 20.1 Å². The molecule has 2 fully saturated rings. The highest BCUT2D eigenvalue weighted by molar-refractivity contribution is 6.39. The van der Waals surface area contributed by atoms with Crippen LogP contribution in [-0.4, -0.2) is 110 Å². The molecule has 3 aliphatic rings. The van der Waals surface area contributed by atoms with Gasteiger partial charge in [-0.25, -0.2) is 0 Å². The SMILES string of the molecule is COCCOCCC(=O)OC1CCC(Cc2c3c4c5c(c(OC)c(O)c6c(=O)cc(CO)c(c7c(CO)cc(NC8CCC(OC(=O)CCOCCCO)C8)c(c2=O)c74)c65)C(C(C)=O)C(C)=C3)C1. The fraction of sp³-hybridized carbons (Fsp3) is 0.519. The lowest BCUT2D eigenvalue weighted by molar-refractivity contribution is -0.151. The maximum absolute atomic E-state index is 15.8. The van der Waals surface area contributed by atoms with E-state index in [9.17, 15) is 34.5 Å². The zero-order valence-corrected chi connectivity index (χ0v) is 39.1. The second-order valence-electron chi connectivity index (χ2n) is 18.4. The molecule has 0 bridgehead atoms. The third kappa shape index (κ3) is 9.21. The Balaban J connectivity index is 1.31. The van der Waals surface area contributed by atoms with Gasteiger partial charge in [0.05, 0.1) is 76.3 Å². The van der Waals surface area contributed by atoms with Gasteiger partial charge in [0.1, 0.15) is 18.0 Å². The monoisotopic (exact) mass is 939 g/mol. The largest absolute Gasteiger partial charge is 0.504 e. The van der Waals surface area contributed by atoms with Crippen LogP contribution in [0.1, 0.15) is 105 Å². The first-order valence-corrected chi connectivity index (χ1v) is 23.6. The predicted octanol–water partition coefficient (Wildman–Crippen LogP) is 5.66. The highest BCUT2D eigenvalue weighted by atomic mass is 16.6. The van der Waals surface area contributed by atoms with Crippen LogP contribution in [0.25, 0.3) is 49.2 Å². The number of ether oxygens (including phenoxy) is 6. The zero-order chi connectivity index (χ0) is 48.4. The average Bonchev–Trinajstić information content (AvgIpc) is 3.92. The molecule has 8 rings (SSSR count). The van der Waals surface area contributed by atoms with Crippen LogP contribution in [0.3, 0.4) is 0 Å². The van der Waals surface area contributed by atoms with E-state index < -0.39 is 42.4 Å². The topological polar surface area (TPSA) is 234 Å². The summed E-state index contributed by atoms with van der Waals surface area (Å²) in [7, 11) is 2.93. The minimum atomic E-state index is -0.972. The molecule has 68 heavy (non-hydrogen) atoms. The number of carbonyl (C=O) groups excluding carboxylic acids is 3. The lowest BCUT2D eigenvalue weighted by atomic mass is 9.78. The molecule has 0 heterocycles. The fourth-order valence-electron chi connectivity index (χ4n) is 11.2. The van der Waals surface area contributed by atoms with Crippen molar-refractivity contribution < 1.29 is 63.2 Å². The number of aliphatic hydroxyl groups excluding tert-OH is 3. The van der Waals surface area contributed by atoms with Crippen molar-refractivity contribution in [1.29, 1.82) is 0 Å². The Kier molecular flexibility index (Phi) is 15.1. The van der Waals surface area contributed by atoms with Crippen LogP contribution in [0.2, 0.25) is 0 Å². The number of nitrogens with one attached hydrogen (secondary N) is 1. The number of benzene rings is 5. The van der Waals surface area contributed by atoms with Gasteiger partial charge in [-0.3, -0.25) is 24.0 Å². The van der Waals surface area contributed by atoms with Crippen LogP contribution in [0.15, 0.2) is 27.3 Å². The molecule has 2 saturated carbocycles. The summed E-state index contributed by atoms with van der Waals surface area (Å²) in [4.78, 5) is 69.6. The molecule has 16 nitrogen and oxygen atoms in total. The van der Waals surface area contributed by atoms with Gasteiger partial charge in [0.25, 0.3) is 0 Å². The number of phenolic OH excluding ortho intramolecular Hbond substituents is 1. The quantitative estimate of drug-likeness (QED) is 0.0244. The van der Waals surface area contributed by atoms with E-state index in [0.717, 1.165) is 0 Å². The molecule has 0 spiro atoms. The standard InChI is InChI=1S/C52H61NO15/c1-26-18-34-35(20-28-6-8-32(19-28)67-38(59)11-15-66-17-16-63-3)50(61)44-36(53-31-7-9-33(23-31)68-39(60)10-14-65-13-5-12-54)21-29(24-55)41-42-30(25-56)22-37(58)45-47(42)48(43(34)46(41)44)49(40(26)27(2)57)52(64-4)51(45)62/h18,21-22,28,31-33,40,53-56,62H,5-17,19-20,23-25H2,1-4H3. The molecule has 5 atom stereocenters. The van der Waals surface area contributed by atoms with Crippen LogP contribution in [-0.2, 0) is 57.7 Å². The number of rotatable bonds is 22. The van der Waals surface area contributed by atoms with Gasteiger partial charge in [-0.05, 0) is 115 Å². The first-order valence-electron chi connectivity index (χ1n) is 23.6. The minimum Gasteiger partial charge on any atom is -0.504 e. The van der Waals surface area contributed by atoms with Crippen molar-refractivity contribution in [2.45, 2.75) is 115 Å². The summed E-state index contributed by atoms with van der Waals surface area (Å²) in [5, 5.41) is 49.6. The van der Waals surface area contributed by atoms with Crippen LogP contribution < -0.4 is 20.9 Å². The Morgan fingerprint density at radius 2 is 1.38 bits per heavy atom. The molecule has 3 aliphatic carbocycles. The fourth-order valence-corrected chi connectivity index (χ4v) is 11.2. The molecule has 5 aromatic carbocycles. The number of fused-ring (bicyclic) bond motifs is 1. The summed E-state index contributed by atoms with van der Waals surface area (Å²) in [6.45, 7) is 3.63. The van der Waals surface area contributed by atoms with Gasteiger partial charge in [0.2, 0.25) is 0 Å². The highest BCUT2D eigenvalue weighted by Crippen LogP contribution is 2.56. The zero-order valence-electron chi connectivity index (χ0n) is 39.1. The maximum Gasteiger partial charge on any atom is 0.308 e. The molecule has 5 aromatic rings. The molecule has 0 aromatic heterocycles. The molecule has 5 unspecified atom stereocenters. The van der Waals surface area contributed by atoms with Gasteiger partial charge in [-0.1, -0.05) is 11.6 Å². The van der Waals surface area contributed by atoms with Crippen molar-refractivity contribution in [3.05, 3.63) is 66.0 Å². The highest BCUT2D eigenvalue weighted by Gasteiger charge is 2.38. The maximum atomic E-state index is 15.8. The summed E-state index contributed by atoms with van der Waals surface area (Å²) in [5.41, 5.74) is 2.08. The van der Waals surface area contributed by atoms with Crippen molar-refractivity contribution in [2.24, 2.45) is 5.92 Å². The average molecular weight is 940 g/mol. The molecule has 364 valence electrons. The van der Waals surface area contributed by atoms with E-state index in [2.05, 4.69) is 5.32 Å². The molecular weight excluding hydrogens is 879 g/mol. The van der Waals surface area contributed by atoms with Crippen LogP contribution >= 0.6 is 0 Å². The number of aliphatic hydroxyl groups is 3. The van der Waals surface area contributed by atoms with Gasteiger partial charge in [0, 0.05) is 60.4 Å². The van der Waals surface area contributed by atoms with Gasteiger partial charge in [0.15, 0.2) is 22.4 Å². The van der Waals surface area contributed by atoms with E-state index in [-0.39, 0.29) is 96.4 Å². The van der Waals surface area contributed by atoms with Crippen molar-refractivity contribution >= 4 is 72.6 Å². The van der Waals surface area contributed by atoms with Crippen molar-refractivity contribution in [1.82, 2.24) is 0 Å². The van der Waals surface area contributed by atoms with Crippen LogP contribution in [0, 0.1) is 5.92 Å². The number of allylic oxidation sites excluding steroid dienone is 1. The second kappa shape index (κ2) is 21.0. The summed E-state index contributed by atoms with van der Waals surface area (Å²) < 4.78 is 33.5.